The highest BCUT2D eigenvalue weighted by Gasteiger charge is 2.40. The smallest absolute Gasteiger partial charge is 0.288 e. The van der Waals surface area contributed by atoms with Gasteiger partial charge in [-0.05, 0) is 48.7 Å². The Kier molecular flexibility index (Phi) is 11.3. The van der Waals surface area contributed by atoms with E-state index in [0.29, 0.717) is 45.9 Å². The Balaban J connectivity index is 1.20. The Morgan fingerprint density at radius 1 is 0.958 bits per heavy atom. The maximum atomic E-state index is 14.1. The van der Waals surface area contributed by atoms with Gasteiger partial charge in [0.2, 0.25) is 19.0 Å². The van der Waals surface area contributed by atoms with Crippen LogP contribution in [0.15, 0.2) is 60.5 Å². The summed E-state index contributed by atoms with van der Waals surface area (Å²) in [5.41, 5.74) is 2.89. The number of carbonyl (C=O) groups is 2. The van der Waals surface area contributed by atoms with E-state index in [4.69, 9.17) is 33.5 Å². The monoisotopic (exact) mass is 663 g/mol. The van der Waals surface area contributed by atoms with Crippen LogP contribution in [0.3, 0.4) is 0 Å². The number of rotatable bonds is 14. The molecule has 1 N–H and O–H groups in total. The van der Waals surface area contributed by atoms with Crippen LogP contribution >= 0.6 is 0 Å². The summed E-state index contributed by atoms with van der Waals surface area (Å²) in [5, 5.41) is 9.89. The Bertz CT molecular complexity index is 1600. The van der Waals surface area contributed by atoms with E-state index in [1.165, 1.54) is 0 Å². The highest BCUT2D eigenvalue weighted by Crippen LogP contribution is 2.42. The molecule has 0 radical (unpaired) electrons. The number of allylic oxidation sites excluding steroid dienone is 1. The molecule has 12 heteroatoms. The number of amides is 1. The standard InChI is InChI=1S/C36H45N3O9/c1-3-45-36-28(10-16-43-18-19-44-17-15-40)29(30-23-39(25(2)41)31-7-5-4-6-27(30)31)21-34(48-36)35(42)38-13-11-37(12-14-38)22-26-8-9-32-33(20-26)47-24-46-32/h4-9,20-21,23,28-29,36,40H,3,10-19,22,24H2,1-2H3/t28-,29+,36-/m0/s1. The van der Waals surface area contributed by atoms with Gasteiger partial charge in [-0.15, -0.1) is 0 Å². The Labute approximate surface area is 280 Å². The number of ether oxygens (including phenoxy) is 6. The summed E-state index contributed by atoms with van der Waals surface area (Å²) in [7, 11) is 0. The lowest BCUT2D eigenvalue weighted by Gasteiger charge is -2.39. The minimum atomic E-state index is -0.690. The molecule has 3 aliphatic rings. The van der Waals surface area contributed by atoms with Gasteiger partial charge in [-0.1, -0.05) is 24.3 Å². The normalized spacial score (nSPS) is 20.9. The van der Waals surface area contributed by atoms with Crippen molar-refractivity contribution in [3.63, 3.8) is 0 Å². The summed E-state index contributed by atoms with van der Waals surface area (Å²) >= 11 is 0. The van der Waals surface area contributed by atoms with Crippen molar-refractivity contribution in [2.24, 2.45) is 5.92 Å². The number of para-hydroxylation sites is 1. The summed E-state index contributed by atoms with van der Waals surface area (Å²) in [5.74, 6) is 1.07. The molecular weight excluding hydrogens is 618 g/mol. The average Bonchev–Trinajstić information content (AvgIpc) is 3.73. The molecule has 258 valence electrons. The molecule has 0 unspecified atom stereocenters. The molecule has 48 heavy (non-hydrogen) atoms. The molecule has 1 fully saturated rings. The van der Waals surface area contributed by atoms with Gasteiger partial charge in [0, 0.05) is 76.3 Å². The summed E-state index contributed by atoms with van der Waals surface area (Å²) in [4.78, 5) is 30.9. The van der Waals surface area contributed by atoms with Crippen LogP contribution in [-0.2, 0) is 30.3 Å². The number of hydrogen-bond acceptors (Lipinski definition) is 10. The van der Waals surface area contributed by atoms with Crippen molar-refractivity contribution >= 4 is 22.7 Å². The molecule has 0 saturated carbocycles. The quantitative estimate of drug-likeness (QED) is 0.255. The molecule has 0 spiro atoms. The summed E-state index contributed by atoms with van der Waals surface area (Å²) in [6.07, 6.45) is 3.70. The van der Waals surface area contributed by atoms with Gasteiger partial charge in [-0.3, -0.25) is 19.1 Å². The highest BCUT2D eigenvalue weighted by atomic mass is 16.7. The van der Waals surface area contributed by atoms with Crippen LogP contribution in [0.5, 0.6) is 11.5 Å². The van der Waals surface area contributed by atoms with Crippen molar-refractivity contribution < 1.29 is 43.1 Å². The van der Waals surface area contributed by atoms with Crippen LogP contribution in [0.2, 0.25) is 0 Å². The molecule has 1 amide bonds. The van der Waals surface area contributed by atoms with Crippen molar-refractivity contribution in [1.29, 1.82) is 0 Å². The van der Waals surface area contributed by atoms with Crippen LogP contribution in [0.1, 0.15) is 42.1 Å². The SMILES string of the molecule is CCO[C@H]1OC(C(=O)N2CCN(Cc3ccc4c(c3)OCO4)CC2)=C[C@@H](c2cn(C(C)=O)c3ccccc23)[C@@H]1CCOCCOCCO. The van der Waals surface area contributed by atoms with E-state index in [0.717, 1.165) is 53.2 Å². The Morgan fingerprint density at radius 2 is 1.73 bits per heavy atom. The average molecular weight is 664 g/mol. The number of benzene rings is 2. The van der Waals surface area contributed by atoms with Crippen molar-refractivity contribution in [2.45, 2.75) is 39.0 Å². The minimum Gasteiger partial charge on any atom is -0.459 e. The van der Waals surface area contributed by atoms with Crippen LogP contribution in [0, 0.1) is 5.92 Å². The first kappa shape index (κ1) is 33.9. The molecule has 0 bridgehead atoms. The van der Waals surface area contributed by atoms with Crippen LogP contribution < -0.4 is 9.47 Å². The van der Waals surface area contributed by atoms with E-state index in [-0.39, 0.29) is 49.4 Å². The predicted molar refractivity (Wildman–Crippen MR) is 177 cm³/mol. The van der Waals surface area contributed by atoms with Gasteiger partial charge in [-0.2, -0.15) is 0 Å². The lowest BCUT2D eigenvalue weighted by Crippen LogP contribution is -2.50. The number of fused-ring (bicyclic) bond motifs is 2. The zero-order valence-corrected chi connectivity index (χ0v) is 27.7. The number of nitrogens with zero attached hydrogens (tertiary/aromatic N) is 3. The minimum absolute atomic E-state index is 0.0325. The van der Waals surface area contributed by atoms with E-state index >= 15 is 0 Å². The molecule has 0 aliphatic carbocycles. The molecule has 6 rings (SSSR count). The maximum absolute atomic E-state index is 14.1. The third-order valence-electron chi connectivity index (χ3n) is 9.07. The van der Waals surface area contributed by atoms with Gasteiger partial charge in [0.25, 0.3) is 5.91 Å². The summed E-state index contributed by atoms with van der Waals surface area (Å²) < 4.78 is 36.4. The van der Waals surface area contributed by atoms with Gasteiger partial charge in [0.1, 0.15) is 0 Å². The Hall–Kier alpha value is -3.94. The number of carbonyl (C=O) groups excluding carboxylic acids is 2. The van der Waals surface area contributed by atoms with E-state index < -0.39 is 6.29 Å². The third-order valence-corrected chi connectivity index (χ3v) is 9.07. The zero-order valence-electron chi connectivity index (χ0n) is 27.7. The molecule has 4 heterocycles. The van der Waals surface area contributed by atoms with Gasteiger partial charge >= 0.3 is 0 Å². The molecule has 2 aromatic carbocycles. The predicted octanol–water partition coefficient (Wildman–Crippen LogP) is 3.77. The van der Waals surface area contributed by atoms with E-state index in [1.807, 2.05) is 60.5 Å². The number of hydrogen-bond donors (Lipinski definition) is 1. The number of aromatic nitrogens is 1. The lowest BCUT2D eigenvalue weighted by molar-refractivity contribution is -0.172. The first-order valence-electron chi connectivity index (χ1n) is 16.7. The first-order valence-corrected chi connectivity index (χ1v) is 16.7. The molecule has 1 saturated heterocycles. The molecule has 12 nitrogen and oxygen atoms in total. The largest absolute Gasteiger partial charge is 0.459 e. The number of piperazine rings is 1. The molecule has 1 aromatic heterocycles. The zero-order chi connectivity index (χ0) is 33.5. The van der Waals surface area contributed by atoms with Crippen molar-refractivity contribution in [3.05, 3.63) is 71.6 Å². The topological polar surface area (TPSA) is 121 Å². The number of aliphatic hydroxyl groups is 1. The maximum Gasteiger partial charge on any atom is 0.288 e. The van der Waals surface area contributed by atoms with Gasteiger partial charge < -0.3 is 38.4 Å². The van der Waals surface area contributed by atoms with Crippen molar-refractivity contribution in [1.82, 2.24) is 14.4 Å². The third kappa shape index (κ3) is 7.68. The van der Waals surface area contributed by atoms with E-state index in [9.17, 15) is 9.59 Å². The van der Waals surface area contributed by atoms with Gasteiger partial charge in [0.05, 0.1) is 31.9 Å². The van der Waals surface area contributed by atoms with Crippen molar-refractivity contribution in [2.75, 3.05) is 72.6 Å². The number of aliphatic hydroxyl groups excluding tert-OH is 1. The van der Waals surface area contributed by atoms with Crippen molar-refractivity contribution in [3.8, 4) is 11.5 Å². The molecule has 3 aromatic rings. The van der Waals surface area contributed by atoms with E-state index in [2.05, 4.69) is 11.0 Å². The summed E-state index contributed by atoms with van der Waals surface area (Å²) in [6, 6.07) is 13.8. The van der Waals surface area contributed by atoms with Gasteiger partial charge in [-0.25, -0.2) is 0 Å². The Morgan fingerprint density at radius 3 is 2.50 bits per heavy atom. The van der Waals surface area contributed by atoms with E-state index in [1.54, 1.807) is 11.5 Å². The second-order valence-electron chi connectivity index (χ2n) is 12.1. The lowest BCUT2D eigenvalue weighted by atomic mass is 9.81. The fourth-order valence-corrected chi connectivity index (χ4v) is 6.69. The molecular formula is C36H45N3O9. The molecule has 3 aliphatic heterocycles. The fourth-order valence-electron chi connectivity index (χ4n) is 6.69. The van der Waals surface area contributed by atoms with Crippen LogP contribution in [0.4, 0.5) is 0 Å². The first-order chi connectivity index (χ1) is 23.5. The van der Waals surface area contributed by atoms with Crippen LogP contribution in [0.25, 0.3) is 10.9 Å². The second kappa shape index (κ2) is 16.0. The second-order valence-corrected chi connectivity index (χ2v) is 12.1. The van der Waals surface area contributed by atoms with Crippen LogP contribution in [-0.4, -0.2) is 110 Å². The fraction of sp³-hybridized carbons (Fsp3) is 0.500. The molecule has 3 atom stereocenters. The van der Waals surface area contributed by atoms with Gasteiger partial charge in [0.15, 0.2) is 17.3 Å². The highest BCUT2D eigenvalue weighted by molar-refractivity contribution is 5.95. The summed E-state index contributed by atoms with van der Waals surface area (Å²) in [6.45, 7) is 8.86.